The van der Waals surface area contributed by atoms with Gasteiger partial charge in [-0.05, 0) is 18.2 Å². The van der Waals surface area contributed by atoms with Crippen molar-refractivity contribution < 1.29 is 8.42 Å². The molecule has 0 aliphatic carbocycles. The van der Waals surface area contributed by atoms with Crippen LogP contribution in [0.2, 0.25) is 0 Å². The Morgan fingerprint density at radius 2 is 2.05 bits per heavy atom. The number of fused-ring (bicyclic) bond motifs is 1. The standard InChI is InChI=1S/C12H10N4O3S/c1-20(18,19)9-4-2-3-8(5-9)16-7-15-11-10(12(16)17)13-6-14-11/h2-7H,1H3,(H,13,14). The fourth-order valence-electron chi connectivity index (χ4n) is 1.87. The molecule has 0 fully saturated rings. The molecule has 8 heteroatoms. The van der Waals surface area contributed by atoms with Gasteiger partial charge in [-0.25, -0.2) is 18.4 Å². The van der Waals surface area contributed by atoms with Gasteiger partial charge in [-0.15, -0.1) is 0 Å². The first kappa shape index (κ1) is 12.5. The molecule has 0 radical (unpaired) electrons. The molecule has 0 unspecified atom stereocenters. The molecule has 0 saturated heterocycles. The van der Waals surface area contributed by atoms with E-state index in [1.807, 2.05) is 0 Å². The highest BCUT2D eigenvalue weighted by Gasteiger charge is 2.11. The van der Waals surface area contributed by atoms with Gasteiger partial charge in [-0.3, -0.25) is 9.36 Å². The molecule has 1 N–H and O–H groups in total. The van der Waals surface area contributed by atoms with Crippen LogP contribution in [0, 0.1) is 0 Å². The second kappa shape index (κ2) is 4.27. The van der Waals surface area contributed by atoms with Gasteiger partial charge in [-0.2, -0.15) is 0 Å². The highest BCUT2D eigenvalue weighted by atomic mass is 32.2. The minimum atomic E-state index is -3.34. The van der Waals surface area contributed by atoms with E-state index in [1.165, 1.54) is 29.4 Å². The van der Waals surface area contributed by atoms with Crippen LogP contribution in [0.4, 0.5) is 0 Å². The van der Waals surface area contributed by atoms with Gasteiger partial charge < -0.3 is 4.98 Å². The molecule has 3 rings (SSSR count). The molecule has 2 heterocycles. The summed E-state index contributed by atoms with van der Waals surface area (Å²) in [4.78, 5) is 23.1. The third-order valence-electron chi connectivity index (χ3n) is 2.87. The maximum Gasteiger partial charge on any atom is 0.286 e. The van der Waals surface area contributed by atoms with Crippen LogP contribution in [0.1, 0.15) is 0 Å². The van der Waals surface area contributed by atoms with Crippen LogP contribution < -0.4 is 5.56 Å². The quantitative estimate of drug-likeness (QED) is 0.741. The van der Waals surface area contributed by atoms with Gasteiger partial charge in [0.25, 0.3) is 5.56 Å². The van der Waals surface area contributed by atoms with Gasteiger partial charge in [-0.1, -0.05) is 6.07 Å². The van der Waals surface area contributed by atoms with Crippen LogP contribution in [-0.4, -0.2) is 34.2 Å². The van der Waals surface area contributed by atoms with Gasteiger partial charge >= 0.3 is 0 Å². The molecular formula is C12H10N4O3S. The predicted molar refractivity (Wildman–Crippen MR) is 72.6 cm³/mol. The lowest BCUT2D eigenvalue weighted by Crippen LogP contribution is -2.19. The zero-order valence-electron chi connectivity index (χ0n) is 10.4. The van der Waals surface area contributed by atoms with Crippen molar-refractivity contribution in [3.05, 3.63) is 47.3 Å². The molecule has 102 valence electrons. The molecule has 0 aliphatic rings. The van der Waals surface area contributed by atoms with E-state index in [0.717, 1.165) is 6.26 Å². The van der Waals surface area contributed by atoms with E-state index < -0.39 is 9.84 Å². The van der Waals surface area contributed by atoms with Crippen molar-refractivity contribution in [3.63, 3.8) is 0 Å². The summed E-state index contributed by atoms with van der Waals surface area (Å²) in [5.41, 5.74) is 0.667. The lowest BCUT2D eigenvalue weighted by molar-refractivity contribution is 0.602. The van der Waals surface area contributed by atoms with E-state index >= 15 is 0 Å². The maximum absolute atomic E-state index is 12.2. The maximum atomic E-state index is 12.2. The summed E-state index contributed by atoms with van der Waals surface area (Å²) in [6.45, 7) is 0. The van der Waals surface area contributed by atoms with Crippen LogP contribution in [0.5, 0.6) is 0 Å². The monoisotopic (exact) mass is 290 g/mol. The molecular weight excluding hydrogens is 280 g/mol. The first-order chi connectivity index (χ1) is 9.47. The summed E-state index contributed by atoms with van der Waals surface area (Å²) in [5, 5.41) is 0. The second-order valence-corrected chi connectivity index (χ2v) is 6.30. The van der Waals surface area contributed by atoms with E-state index in [4.69, 9.17) is 0 Å². The summed E-state index contributed by atoms with van der Waals surface area (Å²) in [5.74, 6) is 0. The molecule has 2 aromatic heterocycles. The molecule has 1 aromatic carbocycles. The Balaban J connectivity index is 2.26. The van der Waals surface area contributed by atoms with E-state index in [9.17, 15) is 13.2 Å². The number of benzene rings is 1. The number of aromatic amines is 1. The van der Waals surface area contributed by atoms with Gasteiger partial charge in [0.15, 0.2) is 21.0 Å². The number of rotatable bonds is 2. The molecule has 0 saturated carbocycles. The minimum absolute atomic E-state index is 0.143. The van der Waals surface area contributed by atoms with Crippen molar-refractivity contribution in [2.24, 2.45) is 0 Å². The minimum Gasteiger partial charge on any atom is -0.329 e. The summed E-state index contributed by atoms with van der Waals surface area (Å²) in [6, 6.07) is 6.12. The first-order valence-corrected chi connectivity index (χ1v) is 7.57. The number of hydrogen-bond donors (Lipinski definition) is 1. The van der Waals surface area contributed by atoms with Crippen LogP contribution in [0.15, 0.2) is 46.6 Å². The van der Waals surface area contributed by atoms with Crippen molar-refractivity contribution in [2.75, 3.05) is 6.26 Å². The molecule has 0 spiro atoms. The average molecular weight is 290 g/mol. The Morgan fingerprint density at radius 1 is 1.25 bits per heavy atom. The summed E-state index contributed by atoms with van der Waals surface area (Å²) < 4.78 is 24.4. The van der Waals surface area contributed by atoms with Gasteiger partial charge in [0.1, 0.15) is 6.33 Å². The molecule has 3 aromatic rings. The number of sulfone groups is 1. The molecule has 0 bridgehead atoms. The van der Waals surface area contributed by atoms with Crippen molar-refractivity contribution in [1.29, 1.82) is 0 Å². The van der Waals surface area contributed by atoms with E-state index in [1.54, 1.807) is 12.1 Å². The van der Waals surface area contributed by atoms with E-state index in [0.29, 0.717) is 11.3 Å². The number of H-pyrrole nitrogens is 1. The predicted octanol–water partition coefficient (Wildman–Crippen LogP) is 0.512. The second-order valence-electron chi connectivity index (χ2n) is 4.29. The number of nitrogens with zero attached hydrogens (tertiary/aromatic N) is 3. The normalized spacial score (nSPS) is 11.8. The van der Waals surface area contributed by atoms with Gasteiger partial charge in [0.2, 0.25) is 0 Å². The fraction of sp³-hybridized carbons (Fsp3) is 0.0833. The van der Waals surface area contributed by atoms with Gasteiger partial charge in [0.05, 0.1) is 16.9 Å². The Hall–Kier alpha value is -2.48. The first-order valence-electron chi connectivity index (χ1n) is 5.68. The smallest absolute Gasteiger partial charge is 0.286 e. The van der Waals surface area contributed by atoms with Crippen LogP contribution >= 0.6 is 0 Å². The molecule has 0 amide bonds. The number of hydrogen-bond acceptors (Lipinski definition) is 5. The highest BCUT2D eigenvalue weighted by Crippen LogP contribution is 2.14. The van der Waals surface area contributed by atoms with Crippen molar-refractivity contribution in [1.82, 2.24) is 19.5 Å². The average Bonchev–Trinajstić information content (AvgIpc) is 2.87. The van der Waals surface area contributed by atoms with Crippen molar-refractivity contribution in [3.8, 4) is 5.69 Å². The van der Waals surface area contributed by atoms with E-state index in [2.05, 4.69) is 15.0 Å². The van der Waals surface area contributed by atoms with Crippen molar-refractivity contribution in [2.45, 2.75) is 4.90 Å². The zero-order chi connectivity index (χ0) is 14.3. The fourth-order valence-corrected chi connectivity index (χ4v) is 2.53. The number of nitrogens with one attached hydrogen (secondary N) is 1. The molecule has 0 atom stereocenters. The highest BCUT2D eigenvalue weighted by molar-refractivity contribution is 7.90. The van der Waals surface area contributed by atoms with Crippen LogP contribution in [0.3, 0.4) is 0 Å². The zero-order valence-corrected chi connectivity index (χ0v) is 11.3. The Labute approximate surface area is 113 Å². The number of aromatic nitrogens is 4. The lowest BCUT2D eigenvalue weighted by atomic mass is 10.3. The Morgan fingerprint density at radius 3 is 2.80 bits per heavy atom. The van der Waals surface area contributed by atoms with Crippen LogP contribution in [0.25, 0.3) is 16.9 Å². The van der Waals surface area contributed by atoms with Crippen molar-refractivity contribution >= 4 is 21.0 Å². The third-order valence-corrected chi connectivity index (χ3v) is 3.98. The third kappa shape index (κ3) is 1.99. The summed E-state index contributed by atoms with van der Waals surface area (Å²) >= 11 is 0. The molecule has 20 heavy (non-hydrogen) atoms. The largest absolute Gasteiger partial charge is 0.329 e. The Bertz CT molecular complexity index is 956. The number of imidazole rings is 1. The summed E-state index contributed by atoms with van der Waals surface area (Å²) in [7, 11) is -3.34. The van der Waals surface area contributed by atoms with Crippen LogP contribution in [-0.2, 0) is 9.84 Å². The molecule has 0 aliphatic heterocycles. The lowest BCUT2D eigenvalue weighted by Gasteiger charge is -2.06. The summed E-state index contributed by atoms with van der Waals surface area (Å²) in [6.07, 6.45) is 3.84. The van der Waals surface area contributed by atoms with E-state index in [-0.39, 0.29) is 16.0 Å². The topological polar surface area (TPSA) is 97.7 Å². The Kier molecular flexibility index (Phi) is 2.68. The van der Waals surface area contributed by atoms with Gasteiger partial charge in [0, 0.05) is 6.26 Å². The molecule has 7 nitrogen and oxygen atoms in total. The SMILES string of the molecule is CS(=O)(=O)c1cccc(-n2cnc3[nH]cnc3c2=O)c1.